The monoisotopic (exact) mass is 351 g/mol. The third-order valence-electron chi connectivity index (χ3n) is 3.34. The minimum Gasteiger partial charge on any atom is -0.482 e. The third-order valence-corrected chi connectivity index (χ3v) is 3.87. The van der Waals surface area contributed by atoms with Crippen LogP contribution in [-0.4, -0.2) is 19.1 Å². The van der Waals surface area contributed by atoms with Gasteiger partial charge in [-0.2, -0.15) is 0 Å². The summed E-state index contributed by atoms with van der Waals surface area (Å²) in [5.74, 6) is 0.283. The maximum Gasteiger partial charge on any atom is 0.257 e. The molecule has 122 valence electrons. The van der Waals surface area contributed by atoms with Gasteiger partial charge in [0, 0.05) is 11.6 Å². The molecule has 0 saturated carbocycles. The van der Waals surface area contributed by atoms with Crippen molar-refractivity contribution in [1.29, 1.82) is 0 Å². The van der Waals surface area contributed by atoms with Crippen LogP contribution in [0.4, 0.5) is 0 Å². The molecule has 1 amide bonds. The van der Waals surface area contributed by atoms with Gasteiger partial charge in [-0.1, -0.05) is 53.0 Å². The van der Waals surface area contributed by atoms with Gasteiger partial charge in [-0.3, -0.25) is 4.79 Å². The van der Waals surface area contributed by atoms with E-state index in [0.29, 0.717) is 22.3 Å². The molecule has 0 heterocycles. The van der Waals surface area contributed by atoms with Crippen LogP contribution in [0.2, 0.25) is 10.0 Å². The van der Waals surface area contributed by atoms with Crippen molar-refractivity contribution in [1.82, 2.24) is 5.32 Å². The van der Waals surface area contributed by atoms with E-state index in [1.54, 1.807) is 18.2 Å². The lowest BCUT2D eigenvalue weighted by Gasteiger charge is -2.09. The van der Waals surface area contributed by atoms with Crippen molar-refractivity contribution >= 4 is 29.1 Å². The largest absolute Gasteiger partial charge is 0.482 e. The van der Waals surface area contributed by atoms with Gasteiger partial charge in [0.05, 0.1) is 5.02 Å². The van der Waals surface area contributed by atoms with Crippen molar-refractivity contribution in [3.63, 3.8) is 0 Å². The third kappa shape index (κ3) is 6.12. The molecule has 3 nitrogen and oxygen atoms in total. The average molecular weight is 352 g/mol. The summed E-state index contributed by atoms with van der Waals surface area (Å²) in [6.07, 6.45) is 1.82. The van der Waals surface area contributed by atoms with Crippen molar-refractivity contribution in [2.75, 3.05) is 13.2 Å². The molecule has 0 radical (unpaired) electrons. The number of hydrogen-bond donors (Lipinski definition) is 1. The predicted molar refractivity (Wildman–Crippen MR) is 94.5 cm³/mol. The Bertz CT molecular complexity index is 657. The summed E-state index contributed by atoms with van der Waals surface area (Å²) in [6.45, 7) is 2.62. The molecule has 23 heavy (non-hydrogen) atoms. The maximum atomic E-state index is 11.7. The second kappa shape index (κ2) is 8.80. The van der Waals surface area contributed by atoms with Crippen LogP contribution in [0.1, 0.15) is 17.5 Å². The van der Waals surface area contributed by atoms with Gasteiger partial charge in [-0.05, 0) is 43.5 Å². The minimum absolute atomic E-state index is 0.0636. The highest BCUT2D eigenvalue weighted by Gasteiger charge is 2.06. The van der Waals surface area contributed by atoms with Gasteiger partial charge in [-0.25, -0.2) is 0 Å². The molecule has 0 spiro atoms. The van der Waals surface area contributed by atoms with Gasteiger partial charge in [0.1, 0.15) is 5.75 Å². The molecule has 0 aromatic heterocycles. The van der Waals surface area contributed by atoms with E-state index < -0.39 is 0 Å². The van der Waals surface area contributed by atoms with Gasteiger partial charge in [0.2, 0.25) is 0 Å². The first-order valence-electron chi connectivity index (χ1n) is 7.44. The molecule has 0 aliphatic rings. The molecule has 0 fully saturated rings. The van der Waals surface area contributed by atoms with Crippen molar-refractivity contribution in [2.45, 2.75) is 19.8 Å². The van der Waals surface area contributed by atoms with E-state index in [0.717, 1.165) is 12.8 Å². The van der Waals surface area contributed by atoms with Gasteiger partial charge in [-0.15, -0.1) is 0 Å². The summed E-state index contributed by atoms with van der Waals surface area (Å²) in [4.78, 5) is 11.7. The first kappa shape index (κ1) is 17.6. The number of amides is 1. The SMILES string of the molecule is Cc1ccc(CCCNC(=O)COc2ccc(Cl)cc2Cl)cc1. The molecular weight excluding hydrogens is 333 g/mol. The summed E-state index contributed by atoms with van der Waals surface area (Å²) in [6, 6.07) is 13.3. The Kier molecular flexibility index (Phi) is 6.75. The van der Waals surface area contributed by atoms with Crippen LogP contribution in [0, 0.1) is 6.92 Å². The van der Waals surface area contributed by atoms with Gasteiger partial charge >= 0.3 is 0 Å². The molecule has 5 heteroatoms. The Morgan fingerprint density at radius 2 is 1.87 bits per heavy atom. The molecule has 2 aromatic carbocycles. The second-order valence-electron chi connectivity index (χ2n) is 5.30. The van der Waals surface area contributed by atoms with Gasteiger partial charge in [0.25, 0.3) is 5.91 Å². The van der Waals surface area contributed by atoms with E-state index in [2.05, 4.69) is 36.5 Å². The predicted octanol–water partition coefficient (Wildman–Crippen LogP) is 4.43. The fraction of sp³-hybridized carbons (Fsp3) is 0.278. The highest BCUT2D eigenvalue weighted by molar-refractivity contribution is 6.35. The number of carbonyl (C=O) groups excluding carboxylic acids is 1. The van der Waals surface area contributed by atoms with Crippen LogP contribution in [0.15, 0.2) is 42.5 Å². The molecule has 0 saturated heterocycles. The van der Waals surface area contributed by atoms with Crippen LogP contribution in [0.3, 0.4) is 0 Å². The molecule has 2 rings (SSSR count). The number of aryl methyl sites for hydroxylation is 2. The van der Waals surface area contributed by atoms with Crippen LogP contribution < -0.4 is 10.1 Å². The van der Waals surface area contributed by atoms with Crippen molar-refractivity contribution in [3.8, 4) is 5.75 Å². The number of rotatable bonds is 7. The molecule has 0 aliphatic heterocycles. The zero-order chi connectivity index (χ0) is 16.7. The van der Waals surface area contributed by atoms with Crippen LogP contribution in [0.25, 0.3) is 0 Å². The topological polar surface area (TPSA) is 38.3 Å². The first-order valence-corrected chi connectivity index (χ1v) is 8.20. The Labute approximate surface area is 146 Å². The molecule has 2 aromatic rings. The highest BCUT2D eigenvalue weighted by atomic mass is 35.5. The maximum absolute atomic E-state index is 11.7. The lowest BCUT2D eigenvalue weighted by molar-refractivity contribution is -0.123. The van der Waals surface area contributed by atoms with E-state index >= 15 is 0 Å². The highest BCUT2D eigenvalue weighted by Crippen LogP contribution is 2.27. The lowest BCUT2D eigenvalue weighted by atomic mass is 10.1. The Morgan fingerprint density at radius 3 is 2.57 bits per heavy atom. The molecule has 0 atom stereocenters. The van der Waals surface area contributed by atoms with Crippen LogP contribution in [-0.2, 0) is 11.2 Å². The van der Waals surface area contributed by atoms with Crippen molar-refractivity contribution in [2.24, 2.45) is 0 Å². The zero-order valence-electron chi connectivity index (χ0n) is 12.9. The van der Waals surface area contributed by atoms with Crippen LogP contribution >= 0.6 is 23.2 Å². The summed E-state index contributed by atoms with van der Waals surface area (Å²) < 4.78 is 5.38. The zero-order valence-corrected chi connectivity index (χ0v) is 14.5. The normalized spacial score (nSPS) is 10.4. The summed E-state index contributed by atoms with van der Waals surface area (Å²) >= 11 is 11.8. The number of benzene rings is 2. The fourth-order valence-electron chi connectivity index (χ4n) is 2.06. The van der Waals surface area contributed by atoms with E-state index in [9.17, 15) is 4.79 Å². The lowest BCUT2D eigenvalue weighted by Crippen LogP contribution is -2.29. The fourth-order valence-corrected chi connectivity index (χ4v) is 2.52. The van der Waals surface area contributed by atoms with Crippen molar-refractivity contribution in [3.05, 3.63) is 63.6 Å². The summed E-state index contributed by atoms with van der Waals surface area (Å²) in [5.41, 5.74) is 2.52. The number of carbonyl (C=O) groups is 1. The smallest absolute Gasteiger partial charge is 0.257 e. The van der Waals surface area contributed by atoms with Gasteiger partial charge < -0.3 is 10.1 Å². The number of halogens is 2. The van der Waals surface area contributed by atoms with Crippen LogP contribution in [0.5, 0.6) is 5.75 Å². The Balaban J connectivity index is 1.66. The second-order valence-corrected chi connectivity index (χ2v) is 6.15. The van der Waals surface area contributed by atoms with E-state index in [1.165, 1.54) is 11.1 Å². The minimum atomic E-state index is -0.167. The number of nitrogens with one attached hydrogen (secondary N) is 1. The Hall–Kier alpha value is -1.71. The average Bonchev–Trinajstić information content (AvgIpc) is 2.52. The summed E-state index contributed by atoms with van der Waals surface area (Å²) in [7, 11) is 0. The van der Waals surface area contributed by atoms with E-state index in [1.807, 2.05) is 0 Å². The molecular formula is C18H19Cl2NO2. The Morgan fingerprint density at radius 1 is 1.13 bits per heavy atom. The number of hydrogen-bond acceptors (Lipinski definition) is 2. The standard InChI is InChI=1S/C18H19Cl2NO2/c1-13-4-6-14(7-5-13)3-2-10-21-18(22)12-23-17-9-8-15(19)11-16(17)20/h4-9,11H,2-3,10,12H2,1H3,(H,21,22). The van der Waals surface area contributed by atoms with E-state index in [-0.39, 0.29) is 12.5 Å². The molecule has 0 bridgehead atoms. The number of ether oxygens (including phenoxy) is 1. The molecule has 0 aliphatic carbocycles. The van der Waals surface area contributed by atoms with E-state index in [4.69, 9.17) is 27.9 Å². The quantitative estimate of drug-likeness (QED) is 0.749. The van der Waals surface area contributed by atoms with Crippen molar-refractivity contribution < 1.29 is 9.53 Å². The summed E-state index contributed by atoms with van der Waals surface area (Å²) in [5, 5.41) is 3.76. The van der Waals surface area contributed by atoms with Gasteiger partial charge in [0.15, 0.2) is 6.61 Å². The molecule has 0 unspecified atom stereocenters. The first-order chi connectivity index (χ1) is 11.0. The molecule has 1 N–H and O–H groups in total.